The number of para-hydroxylation sites is 1. The van der Waals surface area contributed by atoms with Crippen LogP contribution in [0.4, 0.5) is 11.8 Å². The van der Waals surface area contributed by atoms with E-state index < -0.39 is 0 Å². The van der Waals surface area contributed by atoms with Crippen molar-refractivity contribution in [1.82, 2.24) is 9.97 Å². The van der Waals surface area contributed by atoms with Crippen LogP contribution < -0.4 is 10.6 Å². The Morgan fingerprint density at radius 1 is 1.08 bits per heavy atom. The molecule has 0 aliphatic heterocycles. The summed E-state index contributed by atoms with van der Waals surface area (Å²) in [6.07, 6.45) is -0.115. The molecule has 0 aliphatic rings. The minimum absolute atomic E-state index is 0.115. The van der Waals surface area contributed by atoms with Crippen molar-refractivity contribution in [1.29, 1.82) is 0 Å². The minimum atomic E-state index is -0.115. The minimum Gasteiger partial charge on any atom is -0.375 e. The summed E-state index contributed by atoms with van der Waals surface area (Å²) in [4.78, 5) is 9.08. The number of rotatable bonds is 6. The van der Waals surface area contributed by atoms with Crippen molar-refractivity contribution in [3.05, 3.63) is 59.1 Å². The molecule has 0 radical (unpaired) electrons. The van der Waals surface area contributed by atoms with Gasteiger partial charge in [0.25, 0.3) is 0 Å². The molecule has 1 unspecified atom stereocenters. The lowest BCUT2D eigenvalue weighted by atomic mass is 10.1. The zero-order valence-electron chi connectivity index (χ0n) is 13.6. The van der Waals surface area contributed by atoms with Crippen molar-refractivity contribution in [2.75, 3.05) is 31.3 Å². The third kappa shape index (κ3) is 3.58. The van der Waals surface area contributed by atoms with Crippen molar-refractivity contribution in [2.24, 2.45) is 0 Å². The van der Waals surface area contributed by atoms with Crippen LogP contribution in [0.5, 0.6) is 0 Å². The summed E-state index contributed by atoms with van der Waals surface area (Å²) < 4.78 is 5.57. The van der Waals surface area contributed by atoms with E-state index in [2.05, 4.69) is 20.6 Å². The number of benzene rings is 2. The van der Waals surface area contributed by atoms with E-state index in [-0.39, 0.29) is 6.10 Å². The van der Waals surface area contributed by atoms with Gasteiger partial charge in [-0.05, 0) is 29.8 Å². The third-order valence-corrected chi connectivity index (χ3v) is 4.06. The van der Waals surface area contributed by atoms with Gasteiger partial charge in [0.2, 0.25) is 5.95 Å². The first-order chi connectivity index (χ1) is 11.7. The van der Waals surface area contributed by atoms with Crippen molar-refractivity contribution < 1.29 is 4.74 Å². The SMILES string of the molecule is CNc1nc(NCC(OC)c2ccc(Cl)cc2)nc2ccccc12. The monoisotopic (exact) mass is 342 g/mol. The molecule has 2 aromatic carbocycles. The van der Waals surface area contributed by atoms with Crippen molar-refractivity contribution in [2.45, 2.75) is 6.10 Å². The van der Waals surface area contributed by atoms with E-state index in [0.29, 0.717) is 17.5 Å². The predicted molar refractivity (Wildman–Crippen MR) is 98.8 cm³/mol. The molecular weight excluding hydrogens is 324 g/mol. The Hall–Kier alpha value is -2.37. The van der Waals surface area contributed by atoms with Crippen molar-refractivity contribution in [3.8, 4) is 0 Å². The molecule has 3 rings (SSSR count). The van der Waals surface area contributed by atoms with E-state index in [1.54, 1.807) is 7.11 Å². The Bertz CT molecular complexity index is 823. The first-order valence-corrected chi connectivity index (χ1v) is 8.05. The topological polar surface area (TPSA) is 59.1 Å². The van der Waals surface area contributed by atoms with Gasteiger partial charge in [0, 0.05) is 31.1 Å². The molecule has 1 heterocycles. The number of anilines is 2. The lowest BCUT2D eigenvalue weighted by molar-refractivity contribution is 0.114. The number of halogens is 1. The zero-order chi connectivity index (χ0) is 16.9. The maximum Gasteiger partial charge on any atom is 0.225 e. The van der Waals surface area contributed by atoms with Crippen LogP contribution in [0.1, 0.15) is 11.7 Å². The van der Waals surface area contributed by atoms with E-state index in [4.69, 9.17) is 16.3 Å². The summed E-state index contributed by atoms with van der Waals surface area (Å²) in [5.74, 6) is 1.36. The summed E-state index contributed by atoms with van der Waals surface area (Å²) >= 11 is 5.94. The van der Waals surface area contributed by atoms with Crippen LogP contribution in [0.2, 0.25) is 5.02 Å². The zero-order valence-corrected chi connectivity index (χ0v) is 14.3. The summed E-state index contributed by atoms with van der Waals surface area (Å²) in [5.41, 5.74) is 1.93. The third-order valence-electron chi connectivity index (χ3n) is 3.81. The van der Waals surface area contributed by atoms with Crippen LogP contribution in [-0.4, -0.2) is 30.7 Å². The van der Waals surface area contributed by atoms with Crippen molar-refractivity contribution >= 4 is 34.3 Å². The molecule has 1 atom stereocenters. The van der Waals surface area contributed by atoms with Crippen LogP contribution in [-0.2, 0) is 4.74 Å². The number of aromatic nitrogens is 2. The number of fused-ring (bicyclic) bond motifs is 1. The standard InChI is InChI=1S/C18H19ClN4O/c1-20-17-14-5-3-4-6-15(14)22-18(23-17)21-11-16(24-2)12-7-9-13(19)10-8-12/h3-10,16H,11H2,1-2H3,(H2,20,21,22,23). The first kappa shape index (κ1) is 16.5. The van der Waals surface area contributed by atoms with Gasteiger partial charge in [-0.2, -0.15) is 4.98 Å². The number of hydrogen-bond acceptors (Lipinski definition) is 5. The Kier molecular flexibility index (Phi) is 5.13. The van der Waals surface area contributed by atoms with Gasteiger partial charge < -0.3 is 15.4 Å². The lowest BCUT2D eigenvalue weighted by Gasteiger charge is -2.17. The highest BCUT2D eigenvalue weighted by atomic mass is 35.5. The normalized spacial score (nSPS) is 12.1. The number of ether oxygens (including phenoxy) is 1. The Labute approximate surface area is 146 Å². The molecule has 5 nitrogen and oxygen atoms in total. The van der Waals surface area contributed by atoms with E-state index >= 15 is 0 Å². The highest BCUT2D eigenvalue weighted by Crippen LogP contribution is 2.23. The Morgan fingerprint density at radius 3 is 2.54 bits per heavy atom. The van der Waals surface area contributed by atoms with E-state index in [1.165, 1.54) is 0 Å². The molecule has 0 spiro atoms. The summed E-state index contributed by atoms with van der Waals surface area (Å²) in [7, 11) is 3.53. The van der Waals surface area contributed by atoms with Crippen molar-refractivity contribution in [3.63, 3.8) is 0 Å². The molecule has 1 aromatic heterocycles. The predicted octanol–water partition coefficient (Wildman–Crippen LogP) is 4.12. The molecule has 24 heavy (non-hydrogen) atoms. The largest absolute Gasteiger partial charge is 0.375 e. The molecule has 0 fully saturated rings. The maximum atomic E-state index is 5.94. The van der Waals surface area contributed by atoms with Gasteiger partial charge in [0.15, 0.2) is 0 Å². The quantitative estimate of drug-likeness (QED) is 0.705. The fourth-order valence-corrected chi connectivity index (χ4v) is 2.67. The molecule has 124 valence electrons. The second-order valence-corrected chi connectivity index (χ2v) is 5.76. The van der Waals surface area contributed by atoms with Crippen LogP contribution in [0.15, 0.2) is 48.5 Å². The number of hydrogen-bond donors (Lipinski definition) is 2. The van der Waals surface area contributed by atoms with Crippen LogP contribution in [0.25, 0.3) is 10.9 Å². The average Bonchev–Trinajstić information content (AvgIpc) is 2.63. The van der Waals surface area contributed by atoms with Gasteiger partial charge in [0.1, 0.15) is 5.82 Å². The van der Waals surface area contributed by atoms with Gasteiger partial charge in [-0.25, -0.2) is 4.98 Å². The molecular formula is C18H19ClN4O. The highest BCUT2D eigenvalue weighted by Gasteiger charge is 2.12. The molecule has 2 N–H and O–H groups in total. The molecule has 0 amide bonds. The average molecular weight is 343 g/mol. The first-order valence-electron chi connectivity index (χ1n) is 7.68. The van der Waals surface area contributed by atoms with Crippen LogP contribution >= 0.6 is 11.6 Å². The number of nitrogens with zero attached hydrogens (tertiary/aromatic N) is 2. The lowest BCUT2D eigenvalue weighted by Crippen LogP contribution is -2.16. The Balaban J connectivity index is 1.80. The van der Waals surface area contributed by atoms with E-state index in [0.717, 1.165) is 22.3 Å². The summed E-state index contributed by atoms with van der Waals surface area (Å²) in [6.45, 7) is 0.555. The van der Waals surface area contributed by atoms with E-state index in [9.17, 15) is 0 Å². The molecule has 0 saturated heterocycles. The van der Waals surface area contributed by atoms with Gasteiger partial charge in [-0.3, -0.25) is 0 Å². The second-order valence-electron chi connectivity index (χ2n) is 5.32. The molecule has 0 saturated carbocycles. The fraction of sp³-hybridized carbons (Fsp3) is 0.222. The summed E-state index contributed by atoms with van der Waals surface area (Å²) in [6, 6.07) is 15.5. The van der Waals surface area contributed by atoms with Gasteiger partial charge >= 0.3 is 0 Å². The van der Waals surface area contributed by atoms with Gasteiger partial charge in [-0.15, -0.1) is 0 Å². The molecule has 3 aromatic rings. The fourth-order valence-electron chi connectivity index (χ4n) is 2.54. The summed E-state index contributed by atoms with van der Waals surface area (Å²) in [5, 5.41) is 8.07. The molecule has 6 heteroatoms. The number of methoxy groups -OCH3 is 1. The maximum absolute atomic E-state index is 5.94. The van der Waals surface area contributed by atoms with Crippen LogP contribution in [0.3, 0.4) is 0 Å². The molecule has 0 aliphatic carbocycles. The Morgan fingerprint density at radius 2 is 1.83 bits per heavy atom. The second kappa shape index (κ2) is 7.47. The highest BCUT2D eigenvalue weighted by molar-refractivity contribution is 6.30. The number of nitrogens with one attached hydrogen (secondary N) is 2. The van der Waals surface area contributed by atoms with Gasteiger partial charge in [-0.1, -0.05) is 35.9 Å². The smallest absolute Gasteiger partial charge is 0.225 e. The van der Waals surface area contributed by atoms with E-state index in [1.807, 2.05) is 55.6 Å². The van der Waals surface area contributed by atoms with Gasteiger partial charge in [0.05, 0.1) is 11.6 Å². The van der Waals surface area contributed by atoms with Crippen LogP contribution in [0, 0.1) is 0 Å². The molecule has 0 bridgehead atoms.